The van der Waals surface area contributed by atoms with Crippen molar-refractivity contribution in [3.63, 3.8) is 0 Å². The van der Waals surface area contributed by atoms with Crippen LogP contribution in [0.3, 0.4) is 0 Å². The fourth-order valence-corrected chi connectivity index (χ4v) is 0.177. The molecule has 3 nitrogen and oxygen atoms in total. The first kappa shape index (κ1) is 6.25. The monoisotopic (exact) mass is 99.1 g/mol. The minimum Gasteiger partial charge on any atom is -0.258 e. The summed E-state index contributed by atoms with van der Waals surface area (Å²) in [6, 6.07) is 0.319. The summed E-state index contributed by atoms with van der Waals surface area (Å²) in [6.07, 6.45) is 1.74. The Morgan fingerprint density at radius 1 is 1.57 bits per heavy atom. The van der Waals surface area contributed by atoms with Crippen molar-refractivity contribution in [2.45, 2.75) is 19.9 Å². The Morgan fingerprint density at radius 2 is 2.14 bits per heavy atom. The molecule has 0 aliphatic rings. The molecule has 0 radical (unpaired) electrons. The van der Waals surface area contributed by atoms with Crippen molar-refractivity contribution in [2.75, 3.05) is 0 Å². The fourth-order valence-electron chi connectivity index (χ4n) is 0.177. The van der Waals surface area contributed by atoms with Crippen molar-refractivity contribution in [1.29, 1.82) is 5.26 Å². The van der Waals surface area contributed by atoms with Crippen molar-refractivity contribution in [3.8, 4) is 6.19 Å². The second kappa shape index (κ2) is 3.44. The van der Waals surface area contributed by atoms with Gasteiger partial charge in [0.05, 0.1) is 0 Å². The van der Waals surface area contributed by atoms with E-state index in [4.69, 9.17) is 5.26 Å². The van der Waals surface area contributed by atoms with E-state index in [0.29, 0.717) is 6.04 Å². The van der Waals surface area contributed by atoms with Crippen LogP contribution in [0.1, 0.15) is 13.8 Å². The maximum atomic E-state index is 7.89. The van der Waals surface area contributed by atoms with Crippen LogP contribution in [0.5, 0.6) is 0 Å². The van der Waals surface area contributed by atoms with Crippen molar-refractivity contribution in [2.24, 2.45) is 0 Å². The molecule has 0 saturated heterocycles. The maximum Gasteiger partial charge on any atom is 0.192 e. The molecule has 0 spiro atoms. The first-order valence-corrected chi connectivity index (χ1v) is 2.17. The highest BCUT2D eigenvalue weighted by Crippen LogP contribution is 1.67. The summed E-state index contributed by atoms with van der Waals surface area (Å²) in [4.78, 5) is 0. The standard InChI is InChI=1S/C4H9N3/c1-4(2)7-6-3-5/h4,6-7H,1-2H3. The Hall–Kier alpha value is -0.750. The average molecular weight is 99.1 g/mol. The minimum absolute atomic E-state index is 0.319. The van der Waals surface area contributed by atoms with Gasteiger partial charge in [-0.3, -0.25) is 5.43 Å². The van der Waals surface area contributed by atoms with Crippen LogP contribution in [-0.2, 0) is 0 Å². The highest BCUT2D eigenvalue weighted by molar-refractivity contribution is 4.60. The fraction of sp³-hybridized carbons (Fsp3) is 0.750. The molecule has 40 valence electrons. The number of hydrogen-bond acceptors (Lipinski definition) is 3. The number of nitriles is 1. The SMILES string of the molecule is CC(C)NNC#N. The highest BCUT2D eigenvalue weighted by Gasteiger charge is 1.83. The van der Waals surface area contributed by atoms with Gasteiger partial charge in [0.15, 0.2) is 6.19 Å². The van der Waals surface area contributed by atoms with Crippen LogP contribution in [0.4, 0.5) is 0 Å². The number of nitrogens with zero attached hydrogens (tertiary/aromatic N) is 1. The highest BCUT2D eigenvalue weighted by atomic mass is 15.4. The lowest BCUT2D eigenvalue weighted by atomic mass is 10.4. The van der Waals surface area contributed by atoms with Crippen molar-refractivity contribution < 1.29 is 0 Å². The lowest BCUT2D eigenvalue weighted by molar-refractivity contribution is 0.546. The second-order valence-electron chi connectivity index (χ2n) is 1.54. The molecule has 0 aliphatic carbocycles. The third kappa shape index (κ3) is 5.25. The second-order valence-corrected chi connectivity index (χ2v) is 1.54. The van der Waals surface area contributed by atoms with E-state index >= 15 is 0 Å². The van der Waals surface area contributed by atoms with Gasteiger partial charge in [0.2, 0.25) is 0 Å². The van der Waals surface area contributed by atoms with Crippen molar-refractivity contribution in [3.05, 3.63) is 0 Å². The lowest BCUT2D eigenvalue weighted by Crippen LogP contribution is -2.33. The molecule has 0 unspecified atom stereocenters. The molecule has 0 amide bonds. The summed E-state index contributed by atoms with van der Waals surface area (Å²) >= 11 is 0. The van der Waals surface area contributed by atoms with E-state index in [1.54, 1.807) is 6.19 Å². The Bertz CT molecular complexity index is 71.5. The average Bonchev–Trinajstić information content (AvgIpc) is 1.61. The van der Waals surface area contributed by atoms with Crippen LogP contribution in [0.15, 0.2) is 0 Å². The van der Waals surface area contributed by atoms with E-state index in [2.05, 4.69) is 10.9 Å². The smallest absolute Gasteiger partial charge is 0.192 e. The molecule has 0 aromatic heterocycles. The van der Waals surface area contributed by atoms with E-state index in [1.807, 2.05) is 13.8 Å². The molecular formula is C4H9N3. The first-order chi connectivity index (χ1) is 3.27. The van der Waals surface area contributed by atoms with E-state index < -0.39 is 0 Å². The Balaban J connectivity index is 2.86. The van der Waals surface area contributed by atoms with Crippen LogP contribution in [0, 0.1) is 11.5 Å². The van der Waals surface area contributed by atoms with Crippen molar-refractivity contribution in [1.82, 2.24) is 10.9 Å². The molecule has 0 atom stereocenters. The van der Waals surface area contributed by atoms with Crippen LogP contribution in [-0.4, -0.2) is 6.04 Å². The zero-order valence-corrected chi connectivity index (χ0v) is 4.52. The van der Waals surface area contributed by atoms with Gasteiger partial charge in [-0.15, -0.1) is 0 Å². The number of nitrogens with one attached hydrogen (secondary N) is 2. The van der Waals surface area contributed by atoms with Gasteiger partial charge in [-0.05, 0) is 13.8 Å². The third-order valence-corrected chi connectivity index (χ3v) is 0.417. The van der Waals surface area contributed by atoms with Crippen LogP contribution in [0.25, 0.3) is 0 Å². The molecule has 0 aliphatic heterocycles. The van der Waals surface area contributed by atoms with Crippen LogP contribution in [0.2, 0.25) is 0 Å². The summed E-state index contributed by atoms with van der Waals surface area (Å²) in [5, 5.41) is 7.89. The predicted molar refractivity (Wildman–Crippen MR) is 27.0 cm³/mol. The van der Waals surface area contributed by atoms with Crippen molar-refractivity contribution >= 4 is 0 Å². The molecule has 7 heavy (non-hydrogen) atoms. The van der Waals surface area contributed by atoms with E-state index in [9.17, 15) is 0 Å². The largest absolute Gasteiger partial charge is 0.258 e. The Labute approximate surface area is 43.3 Å². The molecule has 0 aromatic rings. The van der Waals surface area contributed by atoms with Gasteiger partial charge in [-0.2, -0.15) is 5.26 Å². The van der Waals surface area contributed by atoms with Crippen LogP contribution < -0.4 is 10.9 Å². The maximum absolute atomic E-state index is 7.89. The number of hydrogen-bond donors (Lipinski definition) is 2. The molecular weight excluding hydrogens is 90.1 g/mol. The summed E-state index contributed by atoms with van der Waals surface area (Å²) in [6.45, 7) is 3.90. The number of rotatable bonds is 2. The van der Waals surface area contributed by atoms with E-state index in [-0.39, 0.29) is 0 Å². The van der Waals surface area contributed by atoms with Gasteiger partial charge in [0, 0.05) is 6.04 Å². The number of hydrazine groups is 1. The molecule has 0 heterocycles. The van der Waals surface area contributed by atoms with E-state index in [0.717, 1.165) is 0 Å². The van der Waals surface area contributed by atoms with Gasteiger partial charge in [0.25, 0.3) is 0 Å². The molecule has 2 N–H and O–H groups in total. The quantitative estimate of drug-likeness (QED) is 0.290. The normalized spacial score (nSPS) is 8.29. The molecule has 0 aromatic carbocycles. The van der Waals surface area contributed by atoms with Gasteiger partial charge in [-0.1, -0.05) is 0 Å². The van der Waals surface area contributed by atoms with Crippen LogP contribution >= 0.6 is 0 Å². The predicted octanol–water partition coefficient (Wildman–Crippen LogP) is -0.0299. The van der Waals surface area contributed by atoms with Gasteiger partial charge >= 0.3 is 0 Å². The molecule has 0 saturated carbocycles. The molecule has 0 fully saturated rings. The third-order valence-electron chi connectivity index (χ3n) is 0.417. The Kier molecular flexibility index (Phi) is 3.07. The van der Waals surface area contributed by atoms with E-state index in [1.165, 1.54) is 0 Å². The minimum atomic E-state index is 0.319. The van der Waals surface area contributed by atoms with Gasteiger partial charge in [-0.25, -0.2) is 5.43 Å². The van der Waals surface area contributed by atoms with Gasteiger partial charge < -0.3 is 0 Å². The molecule has 3 heteroatoms. The summed E-state index contributed by atoms with van der Waals surface area (Å²) < 4.78 is 0. The topological polar surface area (TPSA) is 47.8 Å². The molecule has 0 rings (SSSR count). The zero-order chi connectivity index (χ0) is 5.70. The first-order valence-electron chi connectivity index (χ1n) is 2.17. The molecule has 0 bridgehead atoms. The summed E-state index contributed by atoms with van der Waals surface area (Å²) in [5.41, 5.74) is 4.99. The summed E-state index contributed by atoms with van der Waals surface area (Å²) in [7, 11) is 0. The lowest BCUT2D eigenvalue weighted by Gasteiger charge is -2.01. The van der Waals surface area contributed by atoms with Gasteiger partial charge in [0.1, 0.15) is 0 Å². The Morgan fingerprint density at radius 3 is 2.29 bits per heavy atom. The summed E-state index contributed by atoms with van der Waals surface area (Å²) in [5.74, 6) is 0. The zero-order valence-electron chi connectivity index (χ0n) is 4.52.